The Morgan fingerprint density at radius 3 is 2.53 bits per heavy atom. The van der Waals surface area contributed by atoms with Gasteiger partial charge in [-0.25, -0.2) is 4.79 Å². The third-order valence-corrected chi connectivity index (χ3v) is 2.84. The molecule has 104 valence electrons. The van der Waals surface area contributed by atoms with Crippen LogP contribution in [0.2, 0.25) is 0 Å². The minimum atomic E-state index is -4.53. The number of esters is 1. The first-order valence-electron chi connectivity index (χ1n) is 5.83. The highest BCUT2D eigenvalue weighted by Gasteiger charge is 2.32. The number of ether oxygens (including phenoxy) is 2. The molecule has 2 rings (SSSR count). The maximum atomic E-state index is 12.7. The Balaban J connectivity index is 2.27. The van der Waals surface area contributed by atoms with Gasteiger partial charge in [-0.2, -0.15) is 13.2 Å². The van der Waals surface area contributed by atoms with Crippen molar-refractivity contribution in [3.63, 3.8) is 0 Å². The molecule has 0 N–H and O–H groups in total. The first-order valence-corrected chi connectivity index (χ1v) is 5.83. The van der Waals surface area contributed by atoms with Crippen LogP contribution < -0.4 is 4.74 Å². The Morgan fingerprint density at radius 2 is 2.00 bits per heavy atom. The topological polar surface area (TPSA) is 35.5 Å². The maximum Gasteiger partial charge on any atom is 0.416 e. The van der Waals surface area contributed by atoms with E-state index in [-0.39, 0.29) is 11.3 Å². The van der Waals surface area contributed by atoms with Crippen LogP contribution in [0.25, 0.3) is 0 Å². The van der Waals surface area contributed by atoms with Crippen molar-refractivity contribution in [2.75, 3.05) is 13.7 Å². The Bertz CT molecular complexity index is 479. The molecule has 0 radical (unpaired) electrons. The molecule has 0 aromatic heterocycles. The van der Waals surface area contributed by atoms with Gasteiger partial charge in [0.05, 0.1) is 24.8 Å². The van der Waals surface area contributed by atoms with Crippen molar-refractivity contribution in [2.24, 2.45) is 5.92 Å². The summed E-state index contributed by atoms with van der Waals surface area (Å²) in [5.74, 6) is -0.361. The van der Waals surface area contributed by atoms with Crippen molar-refractivity contribution in [1.29, 1.82) is 0 Å². The fraction of sp³-hybridized carbons (Fsp3) is 0.462. The molecule has 0 saturated heterocycles. The fourth-order valence-corrected chi connectivity index (χ4v) is 1.58. The average molecular weight is 274 g/mol. The Labute approximate surface area is 108 Å². The molecule has 1 saturated carbocycles. The van der Waals surface area contributed by atoms with Gasteiger partial charge in [0.15, 0.2) is 0 Å². The molecule has 6 heteroatoms. The second-order valence-corrected chi connectivity index (χ2v) is 4.49. The number of benzene rings is 1. The van der Waals surface area contributed by atoms with Crippen molar-refractivity contribution >= 4 is 5.97 Å². The lowest BCUT2D eigenvalue weighted by Crippen LogP contribution is -2.10. The summed E-state index contributed by atoms with van der Waals surface area (Å²) >= 11 is 0. The van der Waals surface area contributed by atoms with Crippen LogP contribution in [-0.4, -0.2) is 19.7 Å². The van der Waals surface area contributed by atoms with Gasteiger partial charge >= 0.3 is 12.1 Å². The van der Waals surface area contributed by atoms with Crippen molar-refractivity contribution in [2.45, 2.75) is 19.0 Å². The van der Waals surface area contributed by atoms with Gasteiger partial charge in [0.1, 0.15) is 5.75 Å². The van der Waals surface area contributed by atoms with Crippen LogP contribution in [0.4, 0.5) is 13.2 Å². The molecular formula is C13H13F3O3. The molecule has 0 unspecified atom stereocenters. The van der Waals surface area contributed by atoms with Crippen molar-refractivity contribution in [1.82, 2.24) is 0 Å². The zero-order valence-electron chi connectivity index (χ0n) is 10.3. The minimum absolute atomic E-state index is 0.0436. The summed E-state index contributed by atoms with van der Waals surface area (Å²) in [7, 11) is 1.12. The van der Waals surface area contributed by atoms with Gasteiger partial charge in [0, 0.05) is 0 Å². The van der Waals surface area contributed by atoms with E-state index < -0.39 is 17.7 Å². The van der Waals surface area contributed by atoms with Crippen LogP contribution in [-0.2, 0) is 10.9 Å². The molecule has 0 bridgehead atoms. The molecule has 0 aliphatic heterocycles. The molecule has 0 amide bonds. The third kappa shape index (κ3) is 3.62. The normalized spacial score (nSPS) is 15.2. The number of methoxy groups -OCH3 is 1. The summed E-state index contributed by atoms with van der Waals surface area (Å²) in [4.78, 5) is 11.4. The number of carbonyl (C=O) groups is 1. The van der Waals surface area contributed by atoms with E-state index >= 15 is 0 Å². The molecule has 0 heterocycles. The highest BCUT2D eigenvalue weighted by atomic mass is 19.4. The number of carbonyl (C=O) groups excluding carboxylic acids is 1. The quantitative estimate of drug-likeness (QED) is 0.790. The largest absolute Gasteiger partial charge is 0.493 e. The lowest BCUT2D eigenvalue weighted by atomic mass is 10.1. The number of halogens is 3. The van der Waals surface area contributed by atoms with Gasteiger partial charge in [-0.1, -0.05) is 0 Å². The predicted molar refractivity (Wildman–Crippen MR) is 61.0 cm³/mol. The van der Waals surface area contributed by atoms with E-state index in [4.69, 9.17) is 4.74 Å². The molecule has 1 aliphatic carbocycles. The maximum absolute atomic E-state index is 12.7. The molecule has 1 aromatic rings. The summed E-state index contributed by atoms with van der Waals surface area (Å²) in [6, 6.07) is 2.92. The number of hydrogen-bond donors (Lipinski definition) is 0. The Kier molecular flexibility index (Phi) is 3.68. The molecular weight excluding hydrogens is 261 g/mol. The molecule has 1 fully saturated rings. The SMILES string of the molecule is COC(=O)c1cc(OCC2CC2)cc(C(F)(F)F)c1. The van der Waals surface area contributed by atoms with E-state index in [1.165, 1.54) is 6.07 Å². The molecule has 3 nitrogen and oxygen atoms in total. The third-order valence-electron chi connectivity index (χ3n) is 2.84. The first-order chi connectivity index (χ1) is 8.90. The van der Waals surface area contributed by atoms with E-state index in [1.807, 2.05) is 0 Å². The van der Waals surface area contributed by atoms with E-state index in [0.717, 1.165) is 32.1 Å². The second-order valence-electron chi connectivity index (χ2n) is 4.49. The van der Waals surface area contributed by atoms with E-state index in [1.54, 1.807) is 0 Å². The standard InChI is InChI=1S/C13H13F3O3/c1-18-12(17)9-4-10(13(14,15)16)6-11(5-9)19-7-8-2-3-8/h4-6,8H,2-3,7H2,1H3. The lowest BCUT2D eigenvalue weighted by Gasteiger charge is -2.12. The highest BCUT2D eigenvalue weighted by molar-refractivity contribution is 5.90. The number of alkyl halides is 3. The fourth-order valence-electron chi connectivity index (χ4n) is 1.58. The van der Waals surface area contributed by atoms with Crippen molar-refractivity contribution in [3.05, 3.63) is 29.3 Å². The van der Waals surface area contributed by atoms with Gasteiger partial charge < -0.3 is 9.47 Å². The second kappa shape index (κ2) is 5.11. The van der Waals surface area contributed by atoms with Crippen LogP contribution in [0.5, 0.6) is 5.75 Å². The number of hydrogen-bond acceptors (Lipinski definition) is 3. The summed E-state index contributed by atoms with van der Waals surface area (Å²) < 4.78 is 47.9. The zero-order chi connectivity index (χ0) is 14.0. The van der Waals surface area contributed by atoms with E-state index in [9.17, 15) is 18.0 Å². The van der Waals surface area contributed by atoms with Gasteiger partial charge in [0.25, 0.3) is 0 Å². The van der Waals surface area contributed by atoms with Crippen molar-refractivity contribution in [3.8, 4) is 5.75 Å². The van der Waals surface area contributed by atoms with Gasteiger partial charge in [-0.15, -0.1) is 0 Å². The van der Waals surface area contributed by atoms with Crippen LogP contribution in [0.15, 0.2) is 18.2 Å². The predicted octanol–water partition coefficient (Wildman–Crippen LogP) is 3.28. The molecule has 1 aliphatic rings. The molecule has 0 atom stereocenters. The van der Waals surface area contributed by atoms with Crippen LogP contribution in [0.1, 0.15) is 28.8 Å². The average Bonchev–Trinajstić information content (AvgIpc) is 3.18. The molecule has 0 spiro atoms. The zero-order valence-corrected chi connectivity index (χ0v) is 10.3. The van der Waals surface area contributed by atoms with E-state index in [0.29, 0.717) is 12.5 Å². The molecule has 1 aromatic carbocycles. The monoisotopic (exact) mass is 274 g/mol. The van der Waals surface area contributed by atoms with Crippen LogP contribution in [0, 0.1) is 5.92 Å². The first kappa shape index (κ1) is 13.7. The number of rotatable bonds is 4. The smallest absolute Gasteiger partial charge is 0.416 e. The minimum Gasteiger partial charge on any atom is -0.493 e. The summed E-state index contributed by atoms with van der Waals surface area (Å²) in [6.07, 6.45) is -2.46. The van der Waals surface area contributed by atoms with Gasteiger partial charge in [-0.3, -0.25) is 0 Å². The van der Waals surface area contributed by atoms with Crippen LogP contribution >= 0.6 is 0 Å². The Hall–Kier alpha value is -1.72. The van der Waals surface area contributed by atoms with E-state index in [2.05, 4.69) is 4.74 Å². The van der Waals surface area contributed by atoms with Crippen molar-refractivity contribution < 1.29 is 27.4 Å². The summed E-state index contributed by atoms with van der Waals surface area (Å²) in [5.41, 5.74) is -1.08. The Morgan fingerprint density at radius 1 is 1.32 bits per heavy atom. The summed E-state index contributed by atoms with van der Waals surface area (Å²) in [5, 5.41) is 0. The molecule has 19 heavy (non-hydrogen) atoms. The van der Waals surface area contributed by atoms with Gasteiger partial charge in [0.2, 0.25) is 0 Å². The van der Waals surface area contributed by atoms with Gasteiger partial charge in [-0.05, 0) is 37.0 Å². The lowest BCUT2D eigenvalue weighted by molar-refractivity contribution is -0.137. The highest BCUT2D eigenvalue weighted by Crippen LogP contribution is 2.34. The van der Waals surface area contributed by atoms with Crippen LogP contribution in [0.3, 0.4) is 0 Å². The summed E-state index contributed by atoms with van der Waals surface area (Å²) in [6.45, 7) is 0.377.